The monoisotopic (exact) mass is 407 g/mol. The number of benzene rings is 2. The Labute approximate surface area is 167 Å². The Bertz CT molecular complexity index is 852. The van der Waals surface area contributed by atoms with Crippen molar-refractivity contribution in [2.75, 3.05) is 11.9 Å². The lowest BCUT2D eigenvalue weighted by Gasteiger charge is -2.15. The first-order chi connectivity index (χ1) is 12.9. The molecule has 1 amide bonds. The van der Waals surface area contributed by atoms with Crippen molar-refractivity contribution in [2.24, 2.45) is 0 Å². The maximum absolute atomic E-state index is 12.3. The van der Waals surface area contributed by atoms with Crippen LogP contribution in [-0.2, 0) is 14.3 Å². The molecular weight excluding hydrogens is 389 g/mol. The number of ether oxygens (including phenoxy) is 2. The van der Waals surface area contributed by atoms with Crippen LogP contribution in [0.1, 0.15) is 19.4 Å². The highest BCUT2D eigenvalue weighted by atomic mass is 35.5. The minimum atomic E-state index is -0.988. The van der Waals surface area contributed by atoms with Crippen LogP contribution in [0.4, 0.5) is 5.69 Å². The third-order valence-electron chi connectivity index (χ3n) is 3.47. The molecule has 0 spiro atoms. The van der Waals surface area contributed by atoms with E-state index in [1.165, 1.54) is 19.1 Å². The number of hydrogen-bond acceptors (Lipinski definition) is 4. The van der Waals surface area contributed by atoms with Crippen LogP contribution < -0.4 is 10.1 Å². The molecule has 0 aliphatic heterocycles. The number of para-hydroxylation sites is 2. The number of halogens is 2. The number of rotatable bonds is 7. The molecule has 0 heterocycles. The second kappa shape index (κ2) is 10.00. The van der Waals surface area contributed by atoms with Gasteiger partial charge in [-0.2, -0.15) is 0 Å². The van der Waals surface area contributed by atoms with Gasteiger partial charge in [0.1, 0.15) is 5.75 Å². The summed E-state index contributed by atoms with van der Waals surface area (Å²) in [6.45, 7) is 3.80. The Morgan fingerprint density at radius 3 is 2.63 bits per heavy atom. The maximum atomic E-state index is 12.3. The standard InChI is InChI=1S/C20H19Cl2NO4/c1-3-26-18-7-5-4-6-17(18)23-20(25)13(2)27-19(24)11-9-14-8-10-15(21)12-16(14)22/h4-13H,3H2,1-2H3,(H,23,25)/b11-9+/t13-/m0/s1. The van der Waals surface area contributed by atoms with Gasteiger partial charge in [0.25, 0.3) is 5.91 Å². The summed E-state index contributed by atoms with van der Waals surface area (Å²) in [6.07, 6.45) is 1.71. The molecular formula is C20H19Cl2NO4. The van der Waals surface area contributed by atoms with Gasteiger partial charge in [-0.3, -0.25) is 4.79 Å². The zero-order valence-corrected chi connectivity index (χ0v) is 16.4. The Morgan fingerprint density at radius 2 is 1.93 bits per heavy atom. The minimum absolute atomic E-state index is 0.407. The molecule has 0 saturated heterocycles. The van der Waals surface area contributed by atoms with E-state index in [2.05, 4.69) is 5.32 Å². The minimum Gasteiger partial charge on any atom is -0.492 e. The summed E-state index contributed by atoms with van der Waals surface area (Å²) in [7, 11) is 0. The third kappa shape index (κ3) is 6.31. The summed E-state index contributed by atoms with van der Waals surface area (Å²) in [6, 6.07) is 11.9. The van der Waals surface area contributed by atoms with Gasteiger partial charge in [0.05, 0.1) is 12.3 Å². The Morgan fingerprint density at radius 1 is 1.19 bits per heavy atom. The highest BCUT2D eigenvalue weighted by Gasteiger charge is 2.18. The lowest BCUT2D eigenvalue weighted by molar-refractivity contribution is -0.148. The molecule has 0 aliphatic carbocycles. The van der Waals surface area contributed by atoms with E-state index in [-0.39, 0.29) is 0 Å². The summed E-state index contributed by atoms with van der Waals surface area (Å²) >= 11 is 11.9. The molecule has 2 aromatic carbocycles. The van der Waals surface area contributed by atoms with Gasteiger partial charge in [0, 0.05) is 16.1 Å². The first kappa shape index (κ1) is 20.8. The SMILES string of the molecule is CCOc1ccccc1NC(=O)[C@H](C)OC(=O)/C=C/c1ccc(Cl)cc1Cl. The fourth-order valence-electron chi connectivity index (χ4n) is 2.15. The van der Waals surface area contributed by atoms with Crippen molar-refractivity contribution in [1.82, 2.24) is 0 Å². The molecule has 142 valence electrons. The fourth-order valence-corrected chi connectivity index (χ4v) is 2.62. The molecule has 1 atom stereocenters. The van der Waals surface area contributed by atoms with E-state index >= 15 is 0 Å². The molecule has 7 heteroatoms. The molecule has 0 bridgehead atoms. The van der Waals surface area contributed by atoms with E-state index in [1.54, 1.807) is 42.5 Å². The van der Waals surface area contributed by atoms with Gasteiger partial charge in [0.15, 0.2) is 6.10 Å². The Balaban J connectivity index is 1.95. The molecule has 1 N–H and O–H groups in total. The van der Waals surface area contributed by atoms with Crippen molar-refractivity contribution < 1.29 is 19.1 Å². The van der Waals surface area contributed by atoms with Crippen molar-refractivity contribution in [3.63, 3.8) is 0 Å². The number of esters is 1. The number of anilines is 1. The zero-order valence-electron chi connectivity index (χ0n) is 14.9. The smallest absolute Gasteiger partial charge is 0.331 e. The van der Waals surface area contributed by atoms with Crippen LogP contribution in [0.3, 0.4) is 0 Å². The van der Waals surface area contributed by atoms with Gasteiger partial charge in [-0.05, 0) is 49.8 Å². The first-order valence-electron chi connectivity index (χ1n) is 8.27. The van der Waals surface area contributed by atoms with Crippen LogP contribution in [0.25, 0.3) is 6.08 Å². The predicted octanol–water partition coefficient (Wildman–Crippen LogP) is 4.98. The molecule has 2 rings (SSSR count). The number of amides is 1. The van der Waals surface area contributed by atoms with Gasteiger partial charge < -0.3 is 14.8 Å². The highest BCUT2D eigenvalue weighted by Crippen LogP contribution is 2.24. The molecule has 0 unspecified atom stereocenters. The Hall–Kier alpha value is -2.50. The molecule has 27 heavy (non-hydrogen) atoms. The highest BCUT2D eigenvalue weighted by molar-refractivity contribution is 6.35. The molecule has 5 nitrogen and oxygen atoms in total. The summed E-state index contributed by atoms with van der Waals surface area (Å²) in [4.78, 5) is 24.2. The van der Waals surface area contributed by atoms with E-state index < -0.39 is 18.0 Å². The first-order valence-corrected chi connectivity index (χ1v) is 9.02. The van der Waals surface area contributed by atoms with Gasteiger partial charge in [-0.1, -0.05) is 41.4 Å². The van der Waals surface area contributed by atoms with Crippen LogP contribution in [0.15, 0.2) is 48.5 Å². The van der Waals surface area contributed by atoms with E-state index in [1.807, 2.05) is 6.92 Å². The average molecular weight is 408 g/mol. The second-order valence-corrected chi connectivity index (χ2v) is 6.34. The number of carbonyl (C=O) groups excluding carboxylic acids is 2. The lowest BCUT2D eigenvalue weighted by atomic mass is 10.2. The van der Waals surface area contributed by atoms with Crippen molar-refractivity contribution >= 4 is 46.8 Å². The number of hydrogen-bond donors (Lipinski definition) is 1. The van der Waals surface area contributed by atoms with Crippen molar-refractivity contribution in [1.29, 1.82) is 0 Å². The van der Waals surface area contributed by atoms with E-state index in [0.29, 0.717) is 33.7 Å². The van der Waals surface area contributed by atoms with Crippen molar-refractivity contribution in [3.8, 4) is 5.75 Å². The molecule has 0 saturated carbocycles. The molecule has 0 aliphatic rings. The summed E-state index contributed by atoms with van der Waals surface area (Å²) in [5, 5.41) is 3.59. The van der Waals surface area contributed by atoms with Gasteiger partial charge in [-0.15, -0.1) is 0 Å². The summed E-state index contributed by atoms with van der Waals surface area (Å²) in [5.41, 5.74) is 1.12. The normalized spacial score (nSPS) is 11.9. The summed E-state index contributed by atoms with van der Waals surface area (Å²) in [5.74, 6) is -0.584. The van der Waals surface area contributed by atoms with E-state index in [9.17, 15) is 9.59 Å². The Kier molecular flexibility index (Phi) is 7.70. The topological polar surface area (TPSA) is 64.6 Å². The third-order valence-corrected chi connectivity index (χ3v) is 4.03. The van der Waals surface area contributed by atoms with Crippen LogP contribution in [0.2, 0.25) is 10.0 Å². The van der Waals surface area contributed by atoms with E-state index in [4.69, 9.17) is 32.7 Å². The van der Waals surface area contributed by atoms with Crippen molar-refractivity contribution in [3.05, 3.63) is 64.1 Å². The second-order valence-electron chi connectivity index (χ2n) is 5.50. The lowest BCUT2D eigenvalue weighted by Crippen LogP contribution is -2.29. The van der Waals surface area contributed by atoms with Gasteiger partial charge in [0.2, 0.25) is 0 Å². The number of nitrogens with one attached hydrogen (secondary N) is 1. The van der Waals surface area contributed by atoms with Crippen LogP contribution in [0, 0.1) is 0 Å². The predicted molar refractivity (Wildman–Crippen MR) is 107 cm³/mol. The van der Waals surface area contributed by atoms with Crippen LogP contribution >= 0.6 is 23.2 Å². The van der Waals surface area contributed by atoms with E-state index in [0.717, 1.165) is 0 Å². The van der Waals surface area contributed by atoms with Gasteiger partial charge >= 0.3 is 5.97 Å². The fraction of sp³-hybridized carbons (Fsp3) is 0.200. The van der Waals surface area contributed by atoms with Crippen LogP contribution in [-0.4, -0.2) is 24.6 Å². The largest absolute Gasteiger partial charge is 0.492 e. The van der Waals surface area contributed by atoms with Crippen molar-refractivity contribution in [2.45, 2.75) is 20.0 Å². The maximum Gasteiger partial charge on any atom is 0.331 e. The summed E-state index contributed by atoms with van der Waals surface area (Å²) < 4.78 is 10.6. The molecule has 0 aromatic heterocycles. The molecule has 0 fully saturated rings. The molecule has 0 radical (unpaired) electrons. The quantitative estimate of drug-likeness (QED) is 0.519. The number of carbonyl (C=O) groups is 2. The van der Waals surface area contributed by atoms with Gasteiger partial charge in [-0.25, -0.2) is 4.79 Å². The zero-order chi connectivity index (χ0) is 19.8. The molecule has 2 aromatic rings. The van der Waals surface area contributed by atoms with Crippen LogP contribution in [0.5, 0.6) is 5.75 Å². The average Bonchev–Trinajstić information content (AvgIpc) is 2.62.